The lowest BCUT2D eigenvalue weighted by molar-refractivity contribution is -0.125. The van der Waals surface area contributed by atoms with Crippen LogP contribution in [0.5, 0.6) is 5.75 Å². The lowest BCUT2D eigenvalue weighted by atomic mass is 10.0. The molecular formula is C26H33N3O5S. The molecule has 0 saturated carbocycles. The van der Waals surface area contributed by atoms with Crippen molar-refractivity contribution in [3.8, 4) is 5.75 Å². The summed E-state index contributed by atoms with van der Waals surface area (Å²) < 4.78 is 33.5. The van der Waals surface area contributed by atoms with Gasteiger partial charge in [-0.2, -0.15) is 4.31 Å². The minimum absolute atomic E-state index is 0.0773. The molecule has 2 amide bonds. The summed E-state index contributed by atoms with van der Waals surface area (Å²) in [6.45, 7) is 4.61. The highest BCUT2D eigenvalue weighted by Gasteiger charge is 2.32. The van der Waals surface area contributed by atoms with Crippen LogP contribution < -0.4 is 15.0 Å². The number of anilines is 1. The Balaban J connectivity index is 1.45. The van der Waals surface area contributed by atoms with Gasteiger partial charge in [-0.05, 0) is 62.3 Å². The summed E-state index contributed by atoms with van der Waals surface area (Å²) in [5, 5.41) is 2.95. The quantitative estimate of drug-likeness (QED) is 0.603. The van der Waals surface area contributed by atoms with Crippen LogP contribution in [0.15, 0.2) is 53.4 Å². The van der Waals surface area contributed by atoms with E-state index in [0.29, 0.717) is 30.4 Å². The van der Waals surface area contributed by atoms with E-state index in [1.807, 2.05) is 37.3 Å². The fourth-order valence-corrected chi connectivity index (χ4v) is 5.94. The SMILES string of the molecule is CC1CCN(S(=O)(=O)c2ccc3c(c2)N(CC(=O)N[C@H](C)CCc2ccccc2)C(=O)CO3)CC1. The summed E-state index contributed by atoms with van der Waals surface area (Å²) >= 11 is 0. The highest BCUT2D eigenvalue weighted by atomic mass is 32.2. The van der Waals surface area contributed by atoms with E-state index in [2.05, 4.69) is 12.2 Å². The van der Waals surface area contributed by atoms with E-state index in [-0.39, 0.29) is 35.9 Å². The van der Waals surface area contributed by atoms with E-state index in [0.717, 1.165) is 25.7 Å². The molecule has 2 aliphatic heterocycles. The van der Waals surface area contributed by atoms with Crippen LogP contribution in [0, 0.1) is 5.92 Å². The molecule has 0 unspecified atom stereocenters. The number of benzene rings is 2. The second kappa shape index (κ2) is 10.8. The first-order valence-corrected chi connectivity index (χ1v) is 13.6. The van der Waals surface area contributed by atoms with Crippen molar-refractivity contribution in [3.05, 3.63) is 54.1 Å². The number of hydrogen-bond donors (Lipinski definition) is 1. The molecule has 1 saturated heterocycles. The number of aryl methyl sites for hydroxylation is 1. The number of hydrogen-bond acceptors (Lipinski definition) is 5. The maximum Gasteiger partial charge on any atom is 0.265 e. The highest BCUT2D eigenvalue weighted by molar-refractivity contribution is 7.89. The van der Waals surface area contributed by atoms with Gasteiger partial charge in [0.05, 0.1) is 10.6 Å². The van der Waals surface area contributed by atoms with Gasteiger partial charge < -0.3 is 10.1 Å². The summed E-state index contributed by atoms with van der Waals surface area (Å²) in [5.74, 6) is 0.205. The topological polar surface area (TPSA) is 96.0 Å². The lowest BCUT2D eigenvalue weighted by Gasteiger charge is -2.31. The minimum atomic E-state index is -3.70. The summed E-state index contributed by atoms with van der Waals surface area (Å²) in [5.41, 5.74) is 1.50. The molecule has 4 rings (SSSR count). The van der Waals surface area contributed by atoms with Gasteiger partial charge >= 0.3 is 0 Å². The number of fused-ring (bicyclic) bond motifs is 1. The highest BCUT2D eigenvalue weighted by Crippen LogP contribution is 2.35. The third-order valence-electron chi connectivity index (χ3n) is 6.67. The number of ether oxygens (including phenoxy) is 1. The lowest BCUT2D eigenvalue weighted by Crippen LogP contribution is -2.47. The first kappa shape index (κ1) is 25.2. The van der Waals surface area contributed by atoms with Crippen LogP contribution >= 0.6 is 0 Å². The summed E-state index contributed by atoms with van der Waals surface area (Å²) in [4.78, 5) is 26.8. The van der Waals surface area contributed by atoms with Crippen LogP contribution in [0.25, 0.3) is 0 Å². The van der Waals surface area contributed by atoms with Crippen LogP contribution in [0.3, 0.4) is 0 Å². The number of sulfonamides is 1. The van der Waals surface area contributed by atoms with Gasteiger partial charge in [0.2, 0.25) is 15.9 Å². The third-order valence-corrected chi connectivity index (χ3v) is 8.57. The Hall–Kier alpha value is -2.91. The number of nitrogens with zero attached hydrogens (tertiary/aromatic N) is 2. The van der Waals surface area contributed by atoms with Gasteiger partial charge in [0.1, 0.15) is 12.3 Å². The van der Waals surface area contributed by atoms with E-state index in [4.69, 9.17) is 4.74 Å². The molecule has 188 valence electrons. The number of piperidine rings is 1. The Labute approximate surface area is 207 Å². The Morgan fingerprint density at radius 2 is 1.86 bits per heavy atom. The molecule has 0 aliphatic carbocycles. The maximum absolute atomic E-state index is 13.2. The minimum Gasteiger partial charge on any atom is -0.482 e. The smallest absolute Gasteiger partial charge is 0.265 e. The summed E-state index contributed by atoms with van der Waals surface area (Å²) in [6.07, 6.45) is 3.24. The van der Waals surface area contributed by atoms with Crippen LogP contribution in [0.1, 0.15) is 38.7 Å². The molecular weight excluding hydrogens is 466 g/mol. The van der Waals surface area contributed by atoms with Gasteiger partial charge in [0.25, 0.3) is 5.91 Å². The van der Waals surface area contributed by atoms with E-state index in [1.54, 1.807) is 6.07 Å². The molecule has 2 aliphatic rings. The first-order chi connectivity index (χ1) is 16.7. The maximum atomic E-state index is 13.2. The monoisotopic (exact) mass is 499 g/mol. The second-order valence-corrected chi connectivity index (χ2v) is 11.4. The van der Waals surface area contributed by atoms with Crippen molar-refractivity contribution in [2.45, 2.75) is 50.5 Å². The van der Waals surface area contributed by atoms with E-state index in [9.17, 15) is 18.0 Å². The van der Waals surface area contributed by atoms with Gasteiger partial charge in [0.15, 0.2) is 6.61 Å². The predicted molar refractivity (Wildman–Crippen MR) is 134 cm³/mol. The Kier molecular flexibility index (Phi) is 7.76. The molecule has 0 aromatic heterocycles. The molecule has 35 heavy (non-hydrogen) atoms. The molecule has 1 atom stereocenters. The average Bonchev–Trinajstić information content (AvgIpc) is 2.85. The van der Waals surface area contributed by atoms with Crippen molar-refractivity contribution in [2.75, 3.05) is 31.1 Å². The standard InChI is InChI=1S/C26H33N3O5S/c1-19-12-14-28(15-13-19)35(32,33)22-10-11-24-23(16-22)29(26(31)18-34-24)17-25(30)27-20(2)8-9-21-6-4-3-5-7-21/h3-7,10-11,16,19-20H,8-9,12-15,17-18H2,1-2H3,(H,27,30)/t20-/m1/s1. The molecule has 0 radical (unpaired) electrons. The van der Waals surface area contributed by atoms with Crippen LogP contribution in [-0.2, 0) is 26.0 Å². The van der Waals surface area contributed by atoms with Crippen molar-refractivity contribution in [1.82, 2.24) is 9.62 Å². The predicted octanol–water partition coefficient (Wildman–Crippen LogP) is 2.97. The molecule has 9 heteroatoms. The van der Waals surface area contributed by atoms with Crippen LogP contribution in [0.2, 0.25) is 0 Å². The van der Waals surface area contributed by atoms with E-state index in [1.165, 1.54) is 26.9 Å². The molecule has 0 spiro atoms. The third kappa shape index (κ3) is 6.02. The molecule has 1 N–H and O–H groups in total. The zero-order chi connectivity index (χ0) is 25.0. The molecule has 2 aromatic carbocycles. The normalized spacial score (nSPS) is 18.0. The van der Waals surface area contributed by atoms with E-state index >= 15 is 0 Å². The molecule has 2 heterocycles. The number of carbonyl (C=O) groups is 2. The van der Waals surface area contributed by atoms with Gasteiger partial charge in [0, 0.05) is 19.1 Å². The van der Waals surface area contributed by atoms with Gasteiger partial charge in [-0.3, -0.25) is 14.5 Å². The van der Waals surface area contributed by atoms with Gasteiger partial charge in [-0.15, -0.1) is 0 Å². The summed E-state index contributed by atoms with van der Waals surface area (Å²) in [7, 11) is -3.70. The largest absolute Gasteiger partial charge is 0.482 e. The number of amides is 2. The van der Waals surface area contributed by atoms with Gasteiger partial charge in [-0.25, -0.2) is 8.42 Å². The zero-order valence-corrected chi connectivity index (χ0v) is 21.1. The molecule has 2 aromatic rings. The first-order valence-electron chi connectivity index (χ1n) is 12.1. The molecule has 1 fully saturated rings. The Morgan fingerprint density at radius 1 is 1.14 bits per heavy atom. The van der Waals surface area contributed by atoms with Crippen LogP contribution in [0.4, 0.5) is 5.69 Å². The fraction of sp³-hybridized carbons (Fsp3) is 0.462. The van der Waals surface area contributed by atoms with Gasteiger partial charge in [-0.1, -0.05) is 37.3 Å². The molecule has 8 nitrogen and oxygen atoms in total. The second-order valence-electron chi connectivity index (χ2n) is 9.48. The number of carbonyl (C=O) groups excluding carboxylic acids is 2. The van der Waals surface area contributed by atoms with Crippen molar-refractivity contribution >= 4 is 27.5 Å². The Bertz CT molecular complexity index is 1160. The fourth-order valence-electron chi connectivity index (χ4n) is 4.45. The number of nitrogens with one attached hydrogen (secondary N) is 1. The van der Waals surface area contributed by atoms with Crippen LogP contribution in [-0.4, -0.2) is 56.8 Å². The van der Waals surface area contributed by atoms with E-state index < -0.39 is 10.0 Å². The van der Waals surface area contributed by atoms with Crippen molar-refractivity contribution in [1.29, 1.82) is 0 Å². The van der Waals surface area contributed by atoms with Crippen molar-refractivity contribution in [3.63, 3.8) is 0 Å². The molecule has 0 bridgehead atoms. The van der Waals surface area contributed by atoms with Crippen molar-refractivity contribution < 1.29 is 22.7 Å². The summed E-state index contributed by atoms with van der Waals surface area (Å²) in [6, 6.07) is 14.5. The Morgan fingerprint density at radius 3 is 2.57 bits per heavy atom. The average molecular weight is 500 g/mol. The van der Waals surface area contributed by atoms with Crippen molar-refractivity contribution in [2.24, 2.45) is 5.92 Å². The zero-order valence-electron chi connectivity index (χ0n) is 20.3. The number of rotatable bonds is 8.